The molecular formula is C21H26N2O. The van der Waals surface area contributed by atoms with Crippen molar-refractivity contribution in [3.63, 3.8) is 0 Å². The summed E-state index contributed by atoms with van der Waals surface area (Å²) >= 11 is 0. The molecular weight excluding hydrogens is 296 g/mol. The van der Waals surface area contributed by atoms with E-state index >= 15 is 0 Å². The molecule has 1 N–H and O–H groups in total. The van der Waals surface area contributed by atoms with Gasteiger partial charge in [-0.15, -0.1) is 0 Å². The predicted molar refractivity (Wildman–Crippen MR) is 101 cm³/mol. The highest BCUT2D eigenvalue weighted by molar-refractivity contribution is 5.95. The number of ether oxygens (including phenoxy) is 1. The van der Waals surface area contributed by atoms with Gasteiger partial charge in [-0.2, -0.15) is 0 Å². The SMILES string of the molecule is C1=C(c2ccc3[nH]cc(C4=CC5CCCN5CC4)c3c2)CCOC1.[HH]. The molecule has 1 saturated heterocycles. The van der Waals surface area contributed by atoms with E-state index in [1.165, 1.54) is 65.5 Å². The van der Waals surface area contributed by atoms with Crippen LogP contribution in [-0.2, 0) is 4.74 Å². The fraction of sp³-hybridized carbons (Fsp3) is 0.429. The maximum atomic E-state index is 5.46. The molecule has 24 heavy (non-hydrogen) atoms. The third-order valence-corrected chi connectivity index (χ3v) is 5.84. The number of hydrogen-bond donors (Lipinski definition) is 1. The van der Waals surface area contributed by atoms with Crippen LogP contribution < -0.4 is 0 Å². The molecule has 0 bridgehead atoms. The van der Waals surface area contributed by atoms with Crippen molar-refractivity contribution >= 4 is 22.0 Å². The van der Waals surface area contributed by atoms with E-state index in [4.69, 9.17) is 4.74 Å². The van der Waals surface area contributed by atoms with Crippen LogP contribution >= 0.6 is 0 Å². The molecule has 1 aromatic heterocycles. The van der Waals surface area contributed by atoms with E-state index in [1.807, 2.05) is 0 Å². The second-order valence-corrected chi connectivity index (χ2v) is 7.20. The molecule has 3 nitrogen and oxygen atoms in total. The van der Waals surface area contributed by atoms with Gasteiger partial charge in [-0.1, -0.05) is 18.2 Å². The van der Waals surface area contributed by atoms with Gasteiger partial charge in [-0.25, -0.2) is 0 Å². The van der Waals surface area contributed by atoms with Gasteiger partial charge in [-0.3, -0.25) is 4.90 Å². The maximum Gasteiger partial charge on any atom is 0.0653 e. The van der Waals surface area contributed by atoms with Gasteiger partial charge in [-0.05, 0) is 61.1 Å². The zero-order valence-corrected chi connectivity index (χ0v) is 14.1. The van der Waals surface area contributed by atoms with Crippen molar-refractivity contribution in [1.82, 2.24) is 9.88 Å². The molecule has 1 atom stereocenters. The van der Waals surface area contributed by atoms with Crippen molar-refractivity contribution in [2.24, 2.45) is 0 Å². The summed E-state index contributed by atoms with van der Waals surface area (Å²) in [5.74, 6) is 0. The Morgan fingerprint density at radius 1 is 1.17 bits per heavy atom. The number of H-pyrrole nitrogens is 1. The van der Waals surface area contributed by atoms with Gasteiger partial charge in [0.1, 0.15) is 0 Å². The number of hydrogen-bond acceptors (Lipinski definition) is 2. The van der Waals surface area contributed by atoms with E-state index in [2.05, 4.69) is 46.4 Å². The zero-order valence-electron chi connectivity index (χ0n) is 14.1. The van der Waals surface area contributed by atoms with E-state index in [1.54, 1.807) is 0 Å². The van der Waals surface area contributed by atoms with Crippen molar-refractivity contribution in [2.45, 2.75) is 31.7 Å². The summed E-state index contributed by atoms with van der Waals surface area (Å²) in [7, 11) is 0. The minimum atomic E-state index is 0. The van der Waals surface area contributed by atoms with Gasteiger partial charge in [0, 0.05) is 36.7 Å². The van der Waals surface area contributed by atoms with Crippen LogP contribution in [0.3, 0.4) is 0 Å². The topological polar surface area (TPSA) is 28.3 Å². The Morgan fingerprint density at radius 2 is 2.17 bits per heavy atom. The Balaban J connectivity index is 0.00000157. The first-order chi connectivity index (χ1) is 11.9. The van der Waals surface area contributed by atoms with Crippen molar-refractivity contribution in [3.8, 4) is 0 Å². The quantitative estimate of drug-likeness (QED) is 0.883. The summed E-state index contributed by atoms with van der Waals surface area (Å²) in [6.45, 7) is 4.08. The van der Waals surface area contributed by atoms with Crippen LogP contribution in [0.15, 0.2) is 36.5 Å². The lowest BCUT2D eigenvalue weighted by Gasteiger charge is -2.28. The van der Waals surface area contributed by atoms with Crippen molar-refractivity contribution in [3.05, 3.63) is 47.7 Å². The number of aromatic nitrogens is 1. The van der Waals surface area contributed by atoms with Crippen LogP contribution in [0.5, 0.6) is 0 Å². The summed E-state index contributed by atoms with van der Waals surface area (Å²) in [5.41, 5.74) is 6.96. The van der Waals surface area contributed by atoms with Crippen LogP contribution in [0.4, 0.5) is 0 Å². The number of nitrogens with zero attached hydrogens (tertiary/aromatic N) is 1. The first-order valence-electron chi connectivity index (χ1n) is 9.22. The summed E-state index contributed by atoms with van der Waals surface area (Å²) in [6, 6.07) is 7.52. The average molecular weight is 322 g/mol. The lowest BCUT2D eigenvalue weighted by Crippen LogP contribution is -2.32. The van der Waals surface area contributed by atoms with Gasteiger partial charge in [0.05, 0.1) is 13.2 Å². The second-order valence-electron chi connectivity index (χ2n) is 7.20. The summed E-state index contributed by atoms with van der Waals surface area (Å²) in [6.07, 6.45) is 11.8. The zero-order chi connectivity index (χ0) is 15.9. The van der Waals surface area contributed by atoms with E-state index < -0.39 is 0 Å². The Morgan fingerprint density at radius 3 is 3.08 bits per heavy atom. The second kappa shape index (κ2) is 5.91. The predicted octanol–water partition coefficient (Wildman–Crippen LogP) is 4.47. The van der Waals surface area contributed by atoms with Gasteiger partial charge >= 0.3 is 0 Å². The minimum absolute atomic E-state index is 0. The molecule has 3 aliphatic heterocycles. The Kier molecular flexibility index (Phi) is 3.57. The molecule has 2 aromatic rings. The number of rotatable bonds is 2. The van der Waals surface area contributed by atoms with Crippen molar-refractivity contribution in [2.75, 3.05) is 26.3 Å². The lowest BCUT2D eigenvalue weighted by molar-refractivity contribution is 0.161. The first kappa shape index (κ1) is 14.5. The fourth-order valence-electron chi connectivity index (χ4n) is 4.50. The van der Waals surface area contributed by atoms with Crippen LogP contribution in [-0.4, -0.2) is 42.2 Å². The van der Waals surface area contributed by atoms with Gasteiger partial charge < -0.3 is 9.72 Å². The normalized spacial score (nSPS) is 24.8. The van der Waals surface area contributed by atoms with Crippen LogP contribution in [0.25, 0.3) is 22.0 Å². The van der Waals surface area contributed by atoms with Gasteiger partial charge in [0.15, 0.2) is 0 Å². The summed E-state index contributed by atoms with van der Waals surface area (Å²) < 4.78 is 5.46. The number of nitrogens with one attached hydrogen (secondary N) is 1. The Bertz CT molecular complexity index is 836. The van der Waals surface area contributed by atoms with Gasteiger partial charge in [0.25, 0.3) is 0 Å². The van der Waals surface area contributed by atoms with Gasteiger partial charge in [0.2, 0.25) is 0 Å². The summed E-state index contributed by atoms with van der Waals surface area (Å²) in [5, 5.41) is 1.37. The van der Waals surface area contributed by atoms with E-state index in [-0.39, 0.29) is 1.43 Å². The molecule has 1 fully saturated rings. The number of fused-ring (bicyclic) bond motifs is 2. The standard InChI is InChI=1S/C21H24N2O.H2/c1-2-18-12-17(5-9-23(18)8-1)20-14-22-21-4-3-16(13-19(20)21)15-6-10-24-11-7-15;/h3-4,6,12-14,18,22H,1-2,5,7-11H2;1H. The number of benzene rings is 1. The molecule has 0 aliphatic carbocycles. The van der Waals surface area contributed by atoms with Crippen molar-refractivity contribution < 1.29 is 6.16 Å². The average Bonchev–Trinajstić information content (AvgIpc) is 3.27. The Labute approximate surface area is 144 Å². The third-order valence-electron chi connectivity index (χ3n) is 5.84. The molecule has 4 heterocycles. The monoisotopic (exact) mass is 322 g/mol. The molecule has 126 valence electrons. The highest BCUT2D eigenvalue weighted by Crippen LogP contribution is 2.35. The highest BCUT2D eigenvalue weighted by Gasteiger charge is 2.27. The smallest absolute Gasteiger partial charge is 0.0653 e. The molecule has 1 unspecified atom stereocenters. The van der Waals surface area contributed by atoms with E-state index in [0.717, 1.165) is 19.6 Å². The third kappa shape index (κ3) is 2.43. The first-order valence-corrected chi connectivity index (χ1v) is 9.22. The molecule has 0 amide bonds. The van der Waals surface area contributed by atoms with E-state index in [9.17, 15) is 0 Å². The van der Waals surface area contributed by atoms with Crippen LogP contribution in [0, 0.1) is 0 Å². The molecule has 5 rings (SSSR count). The van der Waals surface area contributed by atoms with Crippen molar-refractivity contribution in [1.29, 1.82) is 0 Å². The number of aromatic amines is 1. The summed E-state index contributed by atoms with van der Waals surface area (Å²) in [4.78, 5) is 6.11. The molecule has 1 aromatic carbocycles. The molecule has 0 radical (unpaired) electrons. The minimum Gasteiger partial charge on any atom is -0.377 e. The van der Waals surface area contributed by atoms with E-state index in [0.29, 0.717) is 6.04 Å². The van der Waals surface area contributed by atoms with Crippen LogP contribution in [0.1, 0.15) is 38.2 Å². The van der Waals surface area contributed by atoms with Crippen LogP contribution in [0.2, 0.25) is 0 Å². The highest BCUT2D eigenvalue weighted by atomic mass is 16.5. The molecule has 0 spiro atoms. The molecule has 3 heteroatoms. The lowest BCUT2D eigenvalue weighted by atomic mass is 9.93. The maximum absolute atomic E-state index is 5.46. The largest absolute Gasteiger partial charge is 0.377 e. The molecule has 3 aliphatic rings. The molecule has 0 saturated carbocycles. The Hall–Kier alpha value is -1.84. The fourth-order valence-corrected chi connectivity index (χ4v) is 4.50.